The number of aromatic nitrogens is 1. The van der Waals surface area contributed by atoms with E-state index in [1.165, 1.54) is 5.69 Å². The van der Waals surface area contributed by atoms with Gasteiger partial charge in [-0.2, -0.15) is 0 Å². The maximum absolute atomic E-state index is 12.7. The van der Waals surface area contributed by atoms with Crippen LogP contribution in [0.1, 0.15) is 28.9 Å². The van der Waals surface area contributed by atoms with Crippen molar-refractivity contribution in [1.82, 2.24) is 9.88 Å². The van der Waals surface area contributed by atoms with Crippen molar-refractivity contribution in [3.05, 3.63) is 53.9 Å². The van der Waals surface area contributed by atoms with Gasteiger partial charge in [-0.1, -0.05) is 0 Å². The molecule has 0 saturated carbocycles. The number of aryl methyl sites for hydroxylation is 1. The van der Waals surface area contributed by atoms with Crippen LogP contribution in [0.15, 0.2) is 42.6 Å². The molecule has 0 spiro atoms. The van der Waals surface area contributed by atoms with Gasteiger partial charge in [-0.3, -0.25) is 9.78 Å². The SMILES string of the molecule is COc1ccc(N2CCC(N(C)C(=O)c3cccnc3C)CC2)cc1. The molecule has 1 aliphatic rings. The molecule has 1 fully saturated rings. The lowest BCUT2D eigenvalue weighted by Gasteiger charge is -2.38. The molecule has 1 aliphatic heterocycles. The number of ether oxygens (including phenoxy) is 1. The molecule has 3 rings (SSSR count). The Morgan fingerprint density at radius 1 is 1.20 bits per heavy atom. The average molecular weight is 339 g/mol. The summed E-state index contributed by atoms with van der Waals surface area (Å²) in [5.41, 5.74) is 2.69. The number of hydrogen-bond donors (Lipinski definition) is 0. The van der Waals surface area contributed by atoms with Crippen molar-refractivity contribution < 1.29 is 9.53 Å². The number of piperidine rings is 1. The van der Waals surface area contributed by atoms with E-state index in [4.69, 9.17) is 4.74 Å². The third-order valence-corrected chi connectivity index (χ3v) is 5.01. The molecule has 0 aliphatic carbocycles. The van der Waals surface area contributed by atoms with Crippen molar-refractivity contribution >= 4 is 11.6 Å². The van der Waals surface area contributed by atoms with E-state index in [0.717, 1.165) is 37.4 Å². The number of hydrogen-bond acceptors (Lipinski definition) is 4. The monoisotopic (exact) mass is 339 g/mol. The second-order valence-electron chi connectivity index (χ2n) is 6.47. The van der Waals surface area contributed by atoms with Gasteiger partial charge in [0.05, 0.1) is 12.7 Å². The minimum atomic E-state index is 0.0634. The number of carbonyl (C=O) groups is 1. The maximum Gasteiger partial charge on any atom is 0.255 e. The molecule has 0 unspecified atom stereocenters. The predicted molar refractivity (Wildman–Crippen MR) is 99.3 cm³/mol. The van der Waals surface area contributed by atoms with Crippen molar-refractivity contribution in [2.24, 2.45) is 0 Å². The van der Waals surface area contributed by atoms with Crippen LogP contribution in [-0.2, 0) is 0 Å². The third kappa shape index (κ3) is 3.76. The first-order valence-electron chi connectivity index (χ1n) is 8.68. The van der Waals surface area contributed by atoms with Crippen LogP contribution in [0.4, 0.5) is 5.69 Å². The van der Waals surface area contributed by atoms with E-state index in [0.29, 0.717) is 5.56 Å². The van der Waals surface area contributed by atoms with Gasteiger partial charge in [0.15, 0.2) is 0 Å². The number of methoxy groups -OCH3 is 1. The van der Waals surface area contributed by atoms with Crippen LogP contribution in [0.25, 0.3) is 0 Å². The standard InChI is InChI=1S/C20H25N3O2/c1-15-19(5-4-12-21-15)20(24)22(2)16-10-13-23(14-11-16)17-6-8-18(25-3)9-7-17/h4-9,12,16H,10-11,13-14H2,1-3H3. The summed E-state index contributed by atoms with van der Waals surface area (Å²) < 4.78 is 5.22. The molecule has 1 amide bonds. The van der Waals surface area contributed by atoms with Crippen molar-refractivity contribution in [2.75, 3.05) is 32.1 Å². The average Bonchev–Trinajstić information content (AvgIpc) is 2.67. The highest BCUT2D eigenvalue weighted by atomic mass is 16.5. The van der Waals surface area contributed by atoms with Crippen molar-refractivity contribution in [2.45, 2.75) is 25.8 Å². The first kappa shape index (κ1) is 17.3. The summed E-state index contributed by atoms with van der Waals surface area (Å²) in [6.45, 7) is 3.77. The molecule has 2 heterocycles. The zero-order chi connectivity index (χ0) is 17.8. The van der Waals surface area contributed by atoms with E-state index in [1.54, 1.807) is 13.3 Å². The van der Waals surface area contributed by atoms with E-state index in [-0.39, 0.29) is 11.9 Å². The van der Waals surface area contributed by atoms with Crippen molar-refractivity contribution in [3.8, 4) is 5.75 Å². The lowest BCUT2D eigenvalue weighted by molar-refractivity contribution is 0.0708. The lowest BCUT2D eigenvalue weighted by Crippen LogP contribution is -2.45. The molecule has 25 heavy (non-hydrogen) atoms. The van der Waals surface area contributed by atoms with Crippen LogP contribution in [0.3, 0.4) is 0 Å². The Hall–Kier alpha value is -2.56. The van der Waals surface area contributed by atoms with Gasteiger partial charge >= 0.3 is 0 Å². The van der Waals surface area contributed by atoms with Crippen molar-refractivity contribution in [1.29, 1.82) is 0 Å². The molecular weight excluding hydrogens is 314 g/mol. The highest BCUT2D eigenvalue weighted by Crippen LogP contribution is 2.25. The fourth-order valence-corrected chi connectivity index (χ4v) is 3.37. The zero-order valence-corrected chi connectivity index (χ0v) is 15.1. The molecule has 2 aromatic rings. The van der Waals surface area contributed by atoms with Crippen LogP contribution in [-0.4, -0.2) is 49.1 Å². The predicted octanol–water partition coefficient (Wildman–Crippen LogP) is 3.14. The largest absolute Gasteiger partial charge is 0.497 e. The van der Waals surface area contributed by atoms with Crippen molar-refractivity contribution in [3.63, 3.8) is 0 Å². The lowest BCUT2D eigenvalue weighted by atomic mass is 10.0. The summed E-state index contributed by atoms with van der Waals surface area (Å²) in [4.78, 5) is 21.2. The Morgan fingerprint density at radius 3 is 2.48 bits per heavy atom. The summed E-state index contributed by atoms with van der Waals surface area (Å²) in [5.74, 6) is 0.935. The van der Waals surface area contributed by atoms with E-state index < -0.39 is 0 Å². The van der Waals surface area contributed by atoms with Gasteiger partial charge in [0, 0.05) is 43.8 Å². The van der Waals surface area contributed by atoms with Gasteiger partial charge in [0.2, 0.25) is 0 Å². The molecule has 1 aromatic carbocycles. The number of anilines is 1. The third-order valence-electron chi connectivity index (χ3n) is 5.01. The van der Waals surface area contributed by atoms with Gasteiger partial charge in [-0.15, -0.1) is 0 Å². The smallest absolute Gasteiger partial charge is 0.255 e. The Morgan fingerprint density at radius 2 is 1.88 bits per heavy atom. The fourth-order valence-electron chi connectivity index (χ4n) is 3.37. The van der Waals surface area contributed by atoms with E-state index in [2.05, 4.69) is 22.0 Å². The van der Waals surface area contributed by atoms with Gasteiger partial charge in [-0.25, -0.2) is 0 Å². The first-order chi connectivity index (χ1) is 12.1. The molecule has 0 radical (unpaired) electrons. The first-order valence-corrected chi connectivity index (χ1v) is 8.68. The molecule has 5 heteroatoms. The summed E-state index contributed by atoms with van der Waals surface area (Å²) >= 11 is 0. The Balaban J connectivity index is 1.61. The Kier molecular flexibility index (Phi) is 5.22. The highest BCUT2D eigenvalue weighted by molar-refractivity contribution is 5.95. The maximum atomic E-state index is 12.7. The van der Waals surface area contributed by atoms with E-state index >= 15 is 0 Å². The molecular formula is C20H25N3O2. The number of carbonyl (C=O) groups excluding carboxylic acids is 1. The number of rotatable bonds is 4. The Labute approximate surface area is 149 Å². The molecule has 1 saturated heterocycles. The Bertz CT molecular complexity index is 722. The van der Waals surface area contributed by atoms with Gasteiger partial charge in [0.25, 0.3) is 5.91 Å². The number of pyridine rings is 1. The zero-order valence-electron chi connectivity index (χ0n) is 15.1. The molecule has 5 nitrogen and oxygen atoms in total. The van der Waals surface area contributed by atoms with Gasteiger partial charge in [0.1, 0.15) is 5.75 Å². The minimum Gasteiger partial charge on any atom is -0.497 e. The number of nitrogens with zero attached hydrogens (tertiary/aromatic N) is 3. The van der Waals surface area contributed by atoms with Crippen LogP contribution in [0.5, 0.6) is 5.75 Å². The summed E-state index contributed by atoms with van der Waals surface area (Å²) in [7, 11) is 3.58. The van der Waals surface area contributed by atoms with Crippen LogP contribution in [0, 0.1) is 6.92 Å². The van der Waals surface area contributed by atoms with E-state index in [1.807, 2.05) is 43.1 Å². The number of benzene rings is 1. The van der Waals surface area contributed by atoms with Gasteiger partial charge < -0.3 is 14.5 Å². The fraction of sp³-hybridized carbons (Fsp3) is 0.400. The minimum absolute atomic E-state index is 0.0634. The normalized spacial score (nSPS) is 15.1. The molecule has 1 aromatic heterocycles. The van der Waals surface area contributed by atoms with Crippen LogP contribution >= 0.6 is 0 Å². The highest BCUT2D eigenvalue weighted by Gasteiger charge is 2.26. The molecule has 0 bridgehead atoms. The van der Waals surface area contributed by atoms with E-state index in [9.17, 15) is 4.79 Å². The quantitative estimate of drug-likeness (QED) is 0.858. The summed E-state index contributed by atoms with van der Waals surface area (Å²) in [5, 5.41) is 0. The van der Waals surface area contributed by atoms with Crippen LogP contribution in [0.2, 0.25) is 0 Å². The van der Waals surface area contributed by atoms with Gasteiger partial charge in [-0.05, 0) is 56.2 Å². The molecule has 0 atom stereocenters. The summed E-state index contributed by atoms with van der Waals surface area (Å²) in [6.07, 6.45) is 3.65. The summed E-state index contributed by atoms with van der Waals surface area (Å²) in [6, 6.07) is 12.1. The molecule has 0 N–H and O–H groups in total. The second-order valence-corrected chi connectivity index (χ2v) is 6.47. The van der Waals surface area contributed by atoms with Crippen LogP contribution < -0.4 is 9.64 Å². The topological polar surface area (TPSA) is 45.7 Å². The number of amides is 1. The second kappa shape index (κ2) is 7.55. The molecule has 132 valence electrons.